The molecule has 0 aliphatic heterocycles. The number of nitrogens with one attached hydrogen (secondary N) is 2. The van der Waals surface area contributed by atoms with Gasteiger partial charge in [-0.1, -0.05) is 42.1 Å². The van der Waals surface area contributed by atoms with Crippen molar-refractivity contribution in [3.05, 3.63) is 101 Å². The van der Waals surface area contributed by atoms with Crippen molar-refractivity contribution in [2.45, 2.75) is 32.5 Å². The fourth-order valence-corrected chi connectivity index (χ4v) is 4.43. The summed E-state index contributed by atoms with van der Waals surface area (Å²) < 4.78 is 15.4. The fraction of sp³-hybridized carbons (Fsp3) is 0.185. The van der Waals surface area contributed by atoms with Crippen LogP contribution in [0.25, 0.3) is 5.69 Å². The zero-order valence-electron chi connectivity index (χ0n) is 20.2. The molecule has 36 heavy (non-hydrogen) atoms. The van der Waals surface area contributed by atoms with Crippen molar-refractivity contribution >= 4 is 29.3 Å². The molecule has 1 aromatic heterocycles. The summed E-state index contributed by atoms with van der Waals surface area (Å²) in [4.78, 5) is 25.2. The Bertz CT molecular complexity index is 1420. The lowest BCUT2D eigenvalue weighted by Crippen LogP contribution is -2.25. The number of thioether (sulfide) groups is 1. The van der Waals surface area contributed by atoms with Gasteiger partial charge >= 0.3 is 0 Å². The number of carbonyl (C=O) groups is 2. The summed E-state index contributed by atoms with van der Waals surface area (Å²) in [6.07, 6.45) is 0. The molecule has 0 saturated carbocycles. The lowest BCUT2D eigenvalue weighted by atomic mass is 10.1. The maximum absolute atomic E-state index is 13.5. The van der Waals surface area contributed by atoms with Crippen LogP contribution in [-0.4, -0.2) is 32.3 Å². The molecule has 2 N–H and O–H groups in total. The normalized spacial score (nSPS) is 10.8. The van der Waals surface area contributed by atoms with Gasteiger partial charge in [-0.15, -0.1) is 10.2 Å². The van der Waals surface area contributed by atoms with E-state index in [9.17, 15) is 14.0 Å². The van der Waals surface area contributed by atoms with Crippen LogP contribution in [0.5, 0.6) is 0 Å². The monoisotopic (exact) mass is 503 g/mol. The Morgan fingerprint density at radius 2 is 1.75 bits per heavy atom. The van der Waals surface area contributed by atoms with Crippen LogP contribution in [0.15, 0.2) is 71.9 Å². The maximum atomic E-state index is 13.5. The third-order valence-corrected chi connectivity index (χ3v) is 6.57. The minimum atomic E-state index is -0.483. The molecule has 7 nitrogen and oxygen atoms in total. The van der Waals surface area contributed by atoms with E-state index in [4.69, 9.17) is 0 Å². The Kier molecular flexibility index (Phi) is 7.80. The van der Waals surface area contributed by atoms with E-state index in [1.807, 2.05) is 67.8 Å². The Hall–Kier alpha value is -3.98. The summed E-state index contributed by atoms with van der Waals surface area (Å²) in [5, 5.41) is 14.8. The number of nitrogens with zero attached hydrogens (tertiary/aromatic N) is 3. The van der Waals surface area contributed by atoms with Gasteiger partial charge in [0.15, 0.2) is 11.0 Å². The molecule has 0 spiro atoms. The largest absolute Gasteiger partial charge is 0.345 e. The van der Waals surface area contributed by atoms with Gasteiger partial charge in [-0.25, -0.2) is 4.39 Å². The summed E-state index contributed by atoms with van der Waals surface area (Å²) in [6.45, 7) is 6.05. The molecule has 0 bridgehead atoms. The second-order valence-electron chi connectivity index (χ2n) is 8.35. The van der Waals surface area contributed by atoms with Gasteiger partial charge < -0.3 is 10.6 Å². The highest BCUT2D eigenvalue weighted by molar-refractivity contribution is 7.99. The summed E-state index contributed by atoms with van der Waals surface area (Å²) in [7, 11) is 0. The molecule has 0 fully saturated rings. The van der Waals surface area contributed by atoms with Crippen molar-refractivity contribution in [1.29, 1.82) is 0 Å². The smallest absolute Gasteiger partial charge is 0.251 e. The van der Waals surface area contributed by atoms with Crippen molar-refractivity contribution < 1.29 is 14.0 Å². The number of anilines is 1. The Morgan fingerprint density at radius 1 is 0.972 bits per heavy atom. The van der Waals surface area contributed by atoms with Gasteiger partial charge in [0.25, 0.3) is 5.91 Å². The van der Waals surface area contributed by atoms with Crippen LogP contribution >= 0.6 is 11.8 Å². The summed E-state index contributed by atoms with van der Waals surface area (Å²) in [5.74, 6) is -0.440. The van der Waals surface area contributed by atoms with Gasteiger partial charge in [0.05, 0.1) is 18.0 Å². The first-order chi connectivity index (χ1) is 17.3. The van der Waals surface area contributed by atoms with Crippen LogP contribution in [0.3, 0.4) is 0 Å². The van der Waals surface area contributed by atoms with E-state index in [0.29, 0.717) is 11.0 Å². The average Bonchev–Trinajstić information content (AvgIpc) is 3.25. The van der Waals surface area contributed by atoms with Gasteiger partial charge in [0.2, 0.25) is 5.91 Å². The van der Waals surface area contributed by atoms with E-state index in [1.165, 1.54) is 30.0 Å². The number of rotatable bonds is 8. The van der Waals surface area contributed by atoms with Crippen molar-refractivity contribution in [2.24, 2.45) is 0 Å². The van der Waals surface area contributed by atoms with Crippen LogP contribution < -0.4 is 10.6 Å². The molecule has 2 amide bonds. The summed E-state index contributed by atoms with van der Waals surface area (Å²) >= 11 is 1.26. The number of aromatic nitrogens is 3. The van der Waals surface area contributed by atoms with E-state index in [-0.39, 0.29) is 23.8 Å². The third kappa shape index (κ3) is 5.98. The molecule has 3 aromatic carbocycles. The Morgan fingerprint density at radius 3 is 2.53 bits per heavy atom. The quantitative estimate of drug-likeness (QED) is 0.331. The highest BCUT2D eigenvalue weighted by Crippen LogP contribution is 2.26. The number of amides is 2. The zero-order valence-corrected chi connectivity index (χ0v) is 21.0. The van der Waals surface area contributed by atoms with Crippen LogP contribution in [0.2, 0.25) is 0 Å². The average molecular weight is 504 g/mol. The van der Waals surface area contributed by atoms with Crippen molar-refractivity contribution in [3.8, 4) is 5.69 Å². The first-order valence-corrected chi connectivity index (χ1v) is 12.3. The summed E-state index contributed by atoms with van der Waals surface area (Å²) in [6, 6.07) is 19.0. The molecule has 0 saturated heterocycles. The lowest BCUT2D eigenvalue weighted by molar-refractivity contribution is -0.113. The first-order valence-electron chi connectivity index (χ1n) is 11.4. The fourth-order valence-electron chi connectivity index (χ4n) is 3.67. The highest BCUT2D eigenvalue weighted by Gasteiger charge is 2.19. The molecule has 9 heteroatoms. The van der Waals surface area contributed by atoms with E-state index in [0.717, 1.165) is 28.1 Å². The summed E-state index contributed by atoms with van der Waals surface area (Å²) in [5.41, 5.74) is 4.98. The SMILES string of the molecule is Cc1cccc(NC(=O)CSc2nnc(CNC(=O)c3cccc(F)c3)n2-c2cccc(C)c2C)c1. The lowest BCUT2D eigenvalue weighted by Gasteiger charge is -2.15. The van der Waals surface area contributed by atoms with Crippen LogP contribution in [0.4, 0.5) is 10.1 Å². The number of carbonyl (C=O) groups excluding carboxylic acids is 2. The maximum Gasteiger partial charge on any atom is 0.251 e. The van der Waals surface area contributed by atoms with Gasteiger partial charge in [-0.05, 0) is 73.9 Å². The number of benzene rings is 3. The van der Waals surface area contributed by atoms with Crippen LogP contribution in [0.1, 0.15) is 32.9 Å². The molecule has 184 valence electrons. The zero-order chi connectivity index (χ0) is 25.7. The number of hydrogen-bond donors (Lipinski definition) is 2. The van der Waals surface area contributed by atoms with Crippen LogP contribution in [0, 0.1) is 26.6 Å². The van der Waals surface area contributed by atoms with Crippen molar-refractivity contribution in [3.63, 3.8) is 0 Å². The molecular formula is C27H26FN5O2S. The van der Waals surface area contributed by atoms with Gasteiger partial charge in [-0.2, -0.15) is 0 Å². The minimum absolute atomic E-state index is 0.0752. The van der Waals surface area contributed by atoms with E-state index < -0.39 is 11.7 Å². The molecular weight excluding hydrogens is 477 g/mol. The van der Waals surface area contributed by atoms with E-state index >= 15 is 0 Å². The first kappa shape index (κ1) is 25.1. The number of hydrogen-bond acceptors (Lipinski definition) is 5. The van der Waals surface area contributed by atoms with Gasteiger partial charge in [0.1, 0.15) is 5.82 Å². The van der Waals surface area contributed by atoms with E-state index in [1.54, 1.807) is 6.07 Å². The molecule has 4 aromatic rings. The minimum Gasteiger partial charge on any atom is -0.345 e. The molecule has 4 rings (SSSR count). The Balaban J connectivity index is 1.55. The van der Waals surface area contributed by atoms with Crippen molar-refractivity contribution in [2.75, 3.05) is 11.1 Å². The molecule has 0 aliphatic carbocycles. The van der Waals surface area contributed by atoms with Crippen molar-refractivity contribution in [1.82, 2.24) is 20.1 Å². The molecule has 1 heterocycles. The van der Waals surface area contributed by atoms with Gasteiger partial charge in [0, 0.05) is 11.3 Å². The number of aryl methyl sites for hydroxylation is 2. The second kappa shape index (κ2) is 11.2. The third-order valence-electron chi connectivity index (χ3n) is 5.65. The molecule has 0 atom stereocenters. The standard InChI is InChI=1S/C27H26FN5O2S/c1-17-7-4-11-22(13-17)30-25(34)16-36-27-32-31-24(33(27)23-12-5-8-18(2)19(23)3)15-29-26(35)20-9-6-10-21(28)14-20/h4-14H,15-16H2,1-3H3,(H,29,35)(H,30,34). The molecule has 0 radical (unpaired) electrons. The second-order valence-corrected chi connectivity index (χ2v) is 9.30. The Labute approximate surface area is 213 Å². The van der Waals surface area contributed by atoms with Crippen LogP contribution in [-0.2, 0) is 11.3 Å². The predicted octanol–water partition coefficient (Wildman–Crippen LogP) is 4.99. The number of halogens is 1. The predicted molar refractivity (Wildman–Crippen MR) is 139 cm³/mol. The topological polar surface area (TPSA) is 88.9 Å². The van der Waals surface area contributed by atoms with Gasteiger partial charge in [-0.3, -0.25) is 14.2 Å². The highest BCUT2D eigenvalue weighted by atomic mass is 32.2. The van der Waals surface area contributed by atoms with E-state index in [2.05, 4.69) is 20.8 Å². The molecule has 0 unspecified atom stereocenters. The molecule has 0 aliphatic rings.